The van der Waals surface area contributed by atoms with E-state index in [1.807, 2.05) is 45.0 Å². The van der Waals surface area contributed by atoms with E-state index < -0.39 is 5.92 Å². The second-order valence-electron chi connectivity index (χ2n) is 6.83. The van der Waals surface area contributed by atoms with Crippen molar-refractivity contribution in [3.8, 4) is 0 Å². The molecule has 0 spiro atoms. The molecule has 1 N–H and O–H groups in total. The number of aryl methyl sites for hydroxylation is 2. The molecule has 0 radical (unpaired) electrons. The molecule has 0 aliphatic rings. The summed E-state index contributed by atoms with van der Waals surface area (Å²) in [4.78, 5) is 37.2. The molecule has 2 aromatic carbocycles. The standard InChI is InChI=1S/C23H27NO3/c1-4-19(23(27)18-12-6-5-7-13-18)20(25)14-9-15-21(26)24-22-16(2)10-8-11-17(22)3/h5-8,10-13,19H,4,9,14-15H2,1-3H3,(H,24,26)/t19-/m0/s1. The SMILES string of the molecule is CC[C@@H](C(=O)CCCC(=O)Nc1c(C)cccc1C)C(=O)c1ccccc1. The van der Waals surface area contributed by atoms with Crippen LogP contribution in [0.1, 0.15) is 54.1 Å². The second kappa shape index (κ2) is 9.81. The molecule has 0 saturated carbocycles. The van der Waals surface area contributed by atoms with Crippen LogP contribution in [-0.2, 0) is 9.59 Å². The average molecular weight is 365 g/mol. The summed E-state index contributed by atoms with van der Waals surface area (Å²) in [5, 5.41) is 2.93. The molecule has 1 amide bonds. The zero-order valence-electron chi connectivity index (χ0n) is 16.2. The van der Waals surface area contributed by atoms with Gasteiger partial charge in [-0.1, -0.05) is 55.5 Å². The predicted molar refractivity (Wildman–Crippen MR) is 108 cm³/mol. The van der Waals surface area contributed by atoms with Gasteiger partial charge in [0.15, 0.2) is 5.78 Å². The highest BCUT2D eigenvalue weighted by molar-refractivity contribution is 6.10. The molecule has 27 heavy (non-hydrogen) atoms. The third kappa shape index (κ3) is 5.61. The maximum absolute atomic E-state index is 12.5. The number of nitrogens with one attached hydrogen (secondary N) is 1. The highest BCUT2D eigenvalue weighted by atomic mass is 16.2. The Hall–Kier alpha value is -2.75. The van der Waals surface area contributed by atoms with Gasteiger partial charge in [-0.15, -0.1) is 0 Å². The van der Waals surface area contributed by atoms with Crippen molar-refractivity contribution in [1.82, 2.24) is 0 Å². The third-order valence-corrected chi connectivity index (χ3v) is 4.74. The van der Waals surface area contributed by atoms with Crippen molar-refractivity contribution in [2.75, 3.05) is 5.32 Å². The van der Waals surface area contributed by atoms with Crippen molar-refractivity contribution in [3.63, 3.8) is 0 Å². The molecule has 142 valence electrons. The summed E-state index contributed by atoms with van der Waals surface area (Å²) in [5.41, 5.74) is 3.42. The Morgan fingerprint density at radius 1 is 0.889 bits per heavy atom. The smallest absolute Gasteiger partial charge is 0.224 e. The van der Waals surface area contributed by atoms with Gasteiger partial charge in [-0.3, -0.25) is 14.4 Å². The van der Waals surface area contributed by atoms with Crippen LogP contribution in [0, 0.1) is 19.8 Å². The summed E-state index contributed by atoms with van der Waals surface area (Å²) >= 11 is 0. The Kier molecular flexibility index (Phi) is 7.47. The van der Waals surface area contributed by atoms with E-state index in [4.69, 9.17) is 0 Å². The van der Waals surface area contributed by atoms with Crippen LogP contribution >= 0.6 is 0 Å². The van der Waals surface area contributed by atoms with Crippen LogP contribution in [0.3, 0.4) is 0 Å². The zero-order chi connectivity index (χ0) is 19.8. The molecule has 0 aliphatic carbocycles. The summed E-state index contributed by atoms with van der Waals surface area (Å²) in [6.45, 7) is 5.75. The molecule has 2 rings (SSSR count). The second-order valence-corrected chi connectivity index (χ2v) is 6.83. The Morgan fingerprint density at radius 2 is 1.52 bits per heavy atom. The van der Waals surface area contributed by atoms with Gasteiger partial charge in [0.05, 0.1) is 5.92 Å². The number of anilines is 1. The van der Waals surface area contributed by atoms with E-state index in [9.17, 15) is 14.4 Å². The first kappa shape index (κ1) is 20.6. The number of hydrogen-bond acceptors (Lipinski definition) is 3. The molecule has 4 heteroatoms. The highest BCUT2D eigenvalue weighted by Crippen LogP contribution is 2.20. The number of carbonyl (C=O) groups is 3. The van der Waals surface area contributed by atoms with Crippen LogP contribution in [0.5, 0.6) is 0 Å². The molecule has 0 aromatic heterocycles. The first-order valence-corrected chi connectivity index (χ1v) is 9.42. The fourth-order valence-electron chi connectivity index (χ4n) is 3.17. The minimum absolute atomic E-state index is 0.0915. The van der Waals surface area contributed by atoms with Crippen molar-refractivity contribution < 1.29 is 14.4 Å². The summed E-state index contributed by atoms with van der Waals surface area (Å²) in [5.74, 6) is -0.967. The summed E-state index contributed by atoms with van der Waals surface area (Å²) in [6, 6.07) is 14.7. The van der Waals surface area contributed by atoms with Crippen molar-refractivity contribution >= 4 is 23.2 Å². The maximum atomic E-state index is 12.5. The molecule has 0 bridgehead atoms. The van der Waals surface area contributed by atoms with E-state index in [2.05, 4.69) is 5.32 Å². The van der Waals surface area contributed by atoms with Crippen LogP contribution in [0.2, 0.25) is 0 Å². The van der Waals surface area contributed by atoms with Gasteiger partial charge in [0.1, 0.15) is 5.78 Å². The number of rotatable bonds is 9. The number of ketones is 2. The molecular formula is C23H27NO3. The fraction of sp³-hybridized carbons (Fsp3) is 0.348. The monoisotopic (exact) mass is 365 g/mol. The lowest BCUT2D eigenvalue weighted by molar-refractivity contribution is -0.121. The van der Waals surface area contributed by atoms with E-state index in [0.29, 0.717) is 18.4 Å². The minimum atomic E-state index is -0.630. The molecule has 1 atom stereocenters. The number of Topliss-reactive ketones (excluding diaryl/α,β-unsaturated/α-hetero) is 2. The van der Waals surface area contributed by atoms with Crippen molar-refractivity contribution in [1.29, 1.82) is 0 Å². The van der Waals surface area contributed by atoms with Gasteiger partial charge in [-0.2, -0.15) is 0 Å². The molecule has 2 aromatic rings. The van der Waals surface area contributed by atoms with Crippen molar-refractivity contribution in [2.45, 2.75) is 46.5 Å². The van der Waals surface area contributed by atoms with E-state index in [-0.39, 0.29) is 30.3 Å². The summed E-state index contributed by atoms with van der Waals surface area (Å²) in [7, 11) is 0. The van der Waals surface area contributed by atoms with Gasteiger partial charge in [-0.05, 0) is 37.8 Å². The summed E-state index contributed by atoms with van der Waals surface area (Å²) < 4.78 is 0. The first-order valence-electron chi connectivity index (χ1n) is 9.42. The Labute approximate surface area is 161 Å². The van der Waals surface area contributed by atoms with Crippen LogP contribution in [0.4, 0.5) is 5.69 Å². The van der Waals surface area contributed by atoms with Crippen LogP contribution < -0.4 is 5.32 Å². The van der Waals surface area contributed by atoms with Gasteiger partial charge in [0.25, 0.3) is 0 Å². The molecule has 0 unspecified atom stereocenters. The van der Waals surface area contributed by atoms with Gasteiger partial charge in [-0.25, -0.2) is 0 Å². The quantitative estimate of drug-likeness (QED) is 0.508. The normalized spacial score (nSPS) is 11.7. The minimum Gasteiger partial charge on any atom is -0.326 e. The fourth-order valence-corrected chi connectivity index (χ4v) is 3.17. The average Bonchev–Trinajstić information content (AvgIpc) is 2.66. The Morgan fingerprint density at radius 3 is 2.11 bits per heavy atom. The van der Waals surface area contributed by atoms with Crippen molar-refractivity contribution in [3.05, 3.63) is 65.2 Å². The maximum Gasteiger partial charge on any atom is 0.224 e. The third-order valence-electron chi connectivity index (χ3n) is 4.74. The van der Waals surface area contributed by atoms with Gasteiger partial charge >= 0.3 is 0 Å². The van der Waals surface area contributed by atoms with Crippen LogP contribution in [0.25, 0.3) is 0 Å². The number of amides is 1. The van der Waals surface area contributed by atoms with Gasteiger partial charge in [0.2, 0.25) is 5.91 Å². The molecular weight excluding hydrogens is 338 g/mol. The number of para-hydroxylation sites is 1. The molecule has 0 fully saturated rings. The van der Waals surface area contributed by atoms with Crippen LogP contribution in [0.15, 0.2) is 48.5 Å². The lowest BCUT2D eigenvalue weighted by atomic mass is 9.89. The van der Waals surface area contributed by atoms with Gasteiger partial charge < -0.3 is 5.32 Å². The van der Waals surface area contributed by atoms with E-state index in [1.165, 1.54) is 0 Å². The van der Waals surface area contributed by atoms with E-state index in [1.54, 1.807) is 24.3 Å². The number of benzene rings is 2. The van der Waals surface area contributed by atoms with E-state index in [0.717, 1.165) is 16.8 Å². The van der Waals surface area contributed by atoms with Crippen molar-refractivity contribution in [2.24, 2.45) is 5.92 Å². The molecule has 4 nitrogen and oxygen atoms in total. The Balaban J connectivity index is 1.87. The van der Waals surface area contributed by atoms with Crippen LogP contribution in [-0.4, -0.2) is 17.5 Å². The van der Waals surface area contributed by atoms with E-state index >= 15 is 0 Å². The Bertz CT molecular complexity index is 791. The molecule has 0 aliphatic heterocycles. The number of hydrogen-bond donors (Lipinski definition) is 1. The number of carbonyl (C=O) groups excluding carboxylic acids is 3. The topological polar surface area (TPSA) is 63.2 Å². The summed E-state index contributed by atoms with van der Waals surface area (Å²) in [6.07, 6.45) is 1.40. The molecule has 0 saturated heterocycles. The largest absolute Gasteiger partial charge is 0.326 e. The predicted octanol–water partition coefficient (Wildman–Crippen LogP) is 4.89. The zero-order valence-corrected chi connectivity index (χ0v) is 16.2. The lowest BCUT2D eigenvalue weighted by Crippen LogP contribution is -2.24. The highest BCUT2D eigenvalue weighted by Gasteiger charge is 2.25. The first-order chi connectivity index (χ1) is 12.9. The van der Waals surface area contributed by atoms with Gasteiger partial charge in [0, 0.05) is 24.1 Å². The molecule has 0 heterocycles. The lowest BCUT2D eigenvalue weighted by Gasteiger charge is -2.13.